The predicted octanol–water partition coefficient (Wildman–Crippen LogP) is 1.60. The molecule has 0 heterocycles. The van der Waals surface area contributed by atoms with Gasteiger partial charge >= 0.3 is 11.9 Å². The van der Waals surface area contributed by atoms with Crippen LogP contribution in [0, 0.1) is 22.7 Å². The number of carboxylic acids is 2. The first-order chi connectivity index (χ1) is 8.25. The summed E-state index contributed by atoms with van der Waals surface area (Å²) in [5.74, 6) is -3.14. The van der Waals surface area contributed by atoms with E-state index in [1.165, 1.54) is 0 Å². The van der Waals surface area contributed by atoms with E-state index in [0.29, 0.717) is 12.8 Å². The normalized spacial score (nSPS) is 31.3. The van der Waals surface area contributed by atoms with Gasteiger partial charge in [0.05, 0.1) is 0 Å². The highest BCUT2D eigenvalue weighted by Crippen LogP contribution is 2.54. The second kappa shape index (κ2) is 4.88. The van der Waals surface area contributed by atoms with Gasteiger partial charge in [0.15, 0.2) is 5.41 Å². The molecule has 0 aromatic heterocycles. The maximum atomic E-state index is 11.5. The molecule has 5 nitrogen and oxygen atoms in total. The standard InChI is InChI=1S/C13H22O5/c1-8(2)12(7-14)5-4-6-13(9(12)3,10(15)16)11(17)18/h8-9,14H,4-7H2,1-3H3,(H,15,16)(H,17,18). The lowest BCUT2D eigenvalue weighted by molar-refractivity contribution is -0.183. The van der Waals surface area contributed by atoms with E-state index < -0.39 is 28.7 Å². The van der Waals surface area contributed by atoms with Gasteiger partial charge in [-0.1, -0.05) is 27.2 Å². The smallest absolute Gasteiger partial charge is 0.321 e. The van der Waals surface area contributed by atoms with Crippen LogP contribution in [0.5, 0.6) is 0 Å². The van der Waals surface area contributed by atoms with Crippen molar-refractivity contribution in [1.82, 2.24) is 0 Å². The van der Waals surface area contributed by atoms with Crippen LogP contribution in [0.4, 0.5) is 0 Å². The molecule has 1 aliphatic rings. The summed E-state index contributed by atoms with van der Waals surface area (Å²) in [5, 5.41) is 28.4. The van der Waals surface area contributed by atoms with Crippen LogP contribution in [-0.2, 0) is 9.59 Å². The lowest BCUT2D eigenvalue weighted by Crippen LogP contribution is -2.56. The largest absolute Gasteiger partial charge is 0.480 e. The molecule has 0 aliphatic heterocycles. The van der Waals surface area contributed by atoms with Crippen molar-refractivity contribution in [2.75, 3.05) is 6.61 Å². The number of rotatable bonds is 4. The average Bonchev–Trinajstić information content (AvgIpc) is 2.28. The van der Waals surface area contributed by atoms with Gasteiger partial charge in [-0.05, 0) is 30.1 Å². The SMILES string of the molecule is CC(C)C1(CO)CCCC(C(=O)O)(C(=O)O)C1C. The summed E-state index contributed by atoms with van der Waals surface area (Å²) in [6.07, 6.45) is 1.32. The van der Waals surface area contributed by atoms with Crippen molar-refractivity contribution in [2.45, 2.75) is 40.0 Å². The molecule has 2 unspecified atom stereocenters. The third-order valence-corrected chi connectivity index (χ3v) is 5.02. The van der Waals surface area contributed by atoms with Gasteiger partial charge < -0.3 is 15.3 Å². The first kappa shape index (κ1) is 15.0. The first-order valence-electron chi connectivity index (χ1n) is 6.33. The van der Waals surface area contributed by atoms with Crippen molar-refractivity contribution in [3.8, 4) is 0 Å². The molecule has 5 heteroatoms. The zero-order valence-electron chi connectivity index (χ0n) is 11.1. The highest BCUT2D eigenvalue weighted by atomic mass is 16.4. The molecule has 1 rings (SSSR count). The quantitative estimate of drug-likeness (QED) is 0.666. The molecule has 18 heavy (non-hydrogen) atoms. The Morgan fingerprint density at radius 1 is 1.22 bits per heavy atom. The van der Waals surface area contributed by atoms with Gasteiger partial charge in [-0.15, -0.1) is 0 Å². The number of carbonyl (C=O) groups is 2. The van der Waals surface area contributed by atoms with Gasteiger partial charge in [0.2, 0.25) is 0 Å². The van der Waals surface area contributed by atoms with Crippen molar-refractivity contribution in [3.05, 3.63) is 0 Å². The molecule has 3 N–H and O–H groups in total. The van der Waals surface area contributed by atoms with Crippen LogP contribution in [0.2, 0.25) is 0 Å². The van der Waals surface area contributed by atoms with Crippen molar-refractivity contribution < 1.29 is 24.9 Å². The molecular formula is C13H22O5. The summed E-state index contributed by atoms with van der Waals surface area (Å²) in [4.78, 5) is 23.0. The van der Waals surface area contributed by atoms with Crippen LogP contribution < -0.4 is 0 Å². The van der Waals surface area contributed by atoms with E-state index in [2.05, 4.69) is 0 Å². The molecule has 2 atom stereocenters. The maximum Gasteiger partial charge on any atom is 0.321 e. The van der Waals surface area contributed by atoms with Crippen molar-refractivity contribution in [2.24, 2.45) is 22.7 Å². The Balaban J connectivity index is 3.32. The van der Waals surface area contributed by atoms with E-state index in [9.17, 15) is 24.9 Å². The van der Waals surface area contributed by atoms with Gasteiger partial charge in [0.25, 0.3) is 0 Å². The van der Waals surface area contributed by atoms with Crippen LogP contribution in [0.1, 0.15) is 40.0 Å². The van der Waals surface area contributed by atoms with E-state index in [1.54, 1.807) is 6.92 Å². The van der Waals surface area contributed by atoms with E-state index in [-0.39, 0.29) is 18.9 Å². The Bertz CT molecular complexity index is 335. The first-order valence-corrected chi connectivity index (χ1v) is 6.33. The summed E-state index contributed by atoms with van der Waals surface area (Å²) in [6, 6.07) is 0. The molecule has 104 valence electrons. The second-order valence-corrected chi connectivity index (χ2v) is 5.70. The molecule has 1 aliphatic carbocycles. The van der Waals surface area contributed by atoms with Gasteiger partial charge in [-0.2, -0.15) is 0 Å². The van der Waals surface area contributed by atoms with Crippen molar-refractivity contribution in [1.29, 1.82) is 0 Å². The van der Waals surface area contributed by atoms with E-state index in [1.807, 2.05) is 13.8 Å². The van der Waals surface area contributed by atoms with Crippen molar-refractivity contribution in [3.63, 3.8) is 0 Å². The van der Waals surface area contributed by atoms with Crippen LogP contribution in [-0.4, -0.2) is 33.9 Å². The van der Waals surface area contributed by atoms with E-state index >= 15 is 0 Å². The Kier molecular flexibility index (Phi) is 4.05. The Morgan fingerprint density at radius 2 is 1.72 bits per heavy atom. The van der Waals surface area contributed by atoms with Gasteiger partial charge in [-0.25, -0.2) is 0 Å². The number of aliphatic hydroxyl groups is 1. The summed E-state index contributed by atoms with van der Waals surface area (Å²) in [5.41, 5.74) is -2.40. The third kappa shape index (κ3) is 1.81. The molecule has 0 bridgehead atoms. The minimum Gasteiger partial charge on any atom is -0.480 e. The topological polar surface area (TPSA) is 94.8 Å². The highest BCUT2D eigenvalue weighted by molar-refractivity contribution is 5.98. The second-order valence-electron chi connectivity index (χ2n) is 5.70. The maximum absolute atomic E-state index is 11.5. The fourth-order valence-electron chi connectivity index (χ4n) is 3.48. The molecule has 1 saturated carbocycles. The Morgan fingerprint density at radius 3 is 2.06 bits per heavy atom. The number of hydrogen-bond acceptors (Lipinski definition) is 3. The molecule has 0 aromatic carbocycles. The number of hydrogen-bond donors (Lipinski definition) is 3. The number of carboxylic acid groups (broad SMARTS) is 2. The molecule has 1 fully saturated rings. The predicted molar refractivity (Wildman–Crippen MR) is 65.1 cm³/mol. The van der Waals surface area contributed by atoms with E-state index in [4.69, 9.17) is 0 Å². The van der Waals surface area contributed by atoms with Crippen LogP contribution >= 0.6 is 0 Å². The van der Waals surface area contributed by atoms with Gasteiger partial charge in [-0.3, -0.25) is 9.59 Å². The monoisotopic (exact) mass is 258 g/mol. The zero-order chi connectivity index (χ0) is 14.1. The fraction of sp³-hybridized carbons (Fsp3) is 0.846. The van der Waals surface area contributed by atoms with Crippen LogP contribution in [0.25, 0.3) is 0 Å². The molecule has 0 radical (unpaired) electrons. The van der Waals surface area contributed by atoms with Gasteiger partial charge in [0.1, 0.15) is 0 Å². The summed E-state index contributed by atoms with van der Waals surface area (Å²) in [6.45, 7) is 5.30. The Hall–Kier alpha value is -1.10. The number of aliphatic hydroxyl groups excluding tert-OH is 1. The van der Waals surface area contributed by atoms with E-state index in [0.717, 1.165) is 0 Å². The minimum absolute atomic E-state index is 0.0378. The molecule has 0 aromatic rings. The minimum atomic E-state index is -1.77. The lowest BCUT2D eigenvalue weighted by Gasteiger charge is -2.51. The van der Waals surface area contributed by atoms with Crippen LogP contribution in [0.15, 0.2) is 0 Å². The van der Waals surface area contributed by atoms with Crippen molar-refractivity contribution >= 4 is 11.9 Å². The molecule has 0 amide bonds. The number of aliphatic carboxylic acids is 2. The molecule has 0 saturated heterocycles. The van der Waals surface area contributed by atoms with Crippen LogP contribution in [0.3, 0.4) is 0 Å². The lowest BCUT2D eigenvalue weighted by atomic mass is 9.52. The molecular weight excluding hydrogens is 236 g/mol. The Labute approximate surface area is 107 Å². The average molecular weight is 258 g/mol. The third-order valence-electron chi connectivity index (χ3n) is 5.02. The molecule has 0 spiro atoms. The van der Waals surface area contributed by atoms with Gasteiger partial charge in [0, 0.05) is 6.61 Å². The summed E-state index contributed by atoms with van der Waals surface area (Å²) < 4.78 is 0. The highest BCUT2D eigenvalue weighted by Gasteiger charge is 2.60. The summed E-state index contributed by atoms with van der Waals surface area (Å²) >= 11 is 0. The zero-order valence-corrected chi connectivity index (χ0v) is 11.1. The fourth-order valence-corrected chi connectivity index (χ4v) is 3.48. The summed E-state index contributed by atoms with van der Waals surface area (Å²) in [7, 11) is 0.